The minimum absolute atomic E-state index is 0. The van der Waals surface area contributed by atoms with Crippen LogP contribution in [0.25, 0.3) is 0 Å². The summed E-state index contributed by atoms with van der Waals surface area (Å²) < 4.78 is 15.2. The molecule has 2 aliphatic carbocycles. The van der Waals surface area contributed by atoms with Crippen LogP contribution in [0.3, 0.4) is 0 Å². The maximum Gasteiger partial charge on any atom is 1.00 e. The largest absolute Gasteiger partial charge is 1.00 e. The molecule has 4 fully saturated rings. The van der Waals surface area contributed by atoms with Crippen LogP contribution in [0.4, 0.5) is 9.59 Å². The first-order chi connectivity index (χ1) is 32.5. The molecule has 0 spiro atoms. The number of aryl methyl sites for hydroxylation is 2. The van der Waals surface area contributed by atoms with E-state index in [1.807, 2.05) is 59.9 Å². The number of unbranched alkanes of at least 4 members (excludes halogenated alkanes) is 2. The van der Waals surface area contributed by atoms with Crippen LogP contribution in [-0.2, 0) is 46.2 Å². The molecule has 4 heterocycles. The Balaban J connectivity index is 0.000000208. The number of halogens is 1. The molecule has 0 unspecified atom stereocenters. The minimum Gasteiger partial charge on any atom is -0.550 e. The average Bonchev–Trinajstić information content (AvgIpc) is 4.19. The van der Waals surface area contributed by atoms with Crippen LogP contribution in [0, 0.1) is 36.5 Å². The van der Waals surface area contributed by atoms with Gasteiger partial charge in [-0.05, 0) is 80.0 Å². The molecular weight excluding hydrogens is 955 g/mol. The Morgan fingerprint density at radius 3 is 1.65 bits per heavy atom. The Morgan fingerprint density at radius 2 is 1.18 bits per heavy atom. The number of esters is 1. The number of ether oxygens (including phenoxy) is 3. The van der Waals surface area contributed by atoms with Crippen molar-refractivity contribution in [1.82, 2.24) is 20.4 Å². The van der Waals surface area contributed by atoms with Gasteiger partial charge in [0.1, 0.15) is 0 Å². The number of carboxylic acids is 1. The summed E-state index contributed by atoms with van der Waals surface area (Å²) in [5.41, 5.74) is 4.72. The molecule has 14 nitrogen and oxygen atoms in total. The number of carboxylic acid groups (broad SMARTS) is 1. The maximum atomic E-state index is 12.6. The quantitative estimate of drug-likeness (QED) is 0.0590. The Kier molecular flexibility index (Phi) is 23.2. The first-order valence-corrected chi connectivity index (χ1v) is 25.8. The van der Waals surface area contributed by atoms with Crippen LogP contribution < -0.4 is 67.1 Å². The normalized spacial score (nSPS) is 24.2. The average molecular weight is 1020 g/mol. The predicted molar refractivity (Wildman–Crippen MR) is 255 cm³/mol. The van der Waals surface area contributed by atoms with Crippen molar-refractivity contribution < 1.29 is 99.5 Å². The summed E-state index contributed by atoms with van der Waals surface area (Å²) >= 11 is 9.26. The summed E-state index contributed by atoms with van der Waals surface area (Å²) in [6, 6.07) is 16.5. The van der Waals surface area contributed by atoms with Crippen LogP contribution in [0.15, 0.2) is 48.5 Å². The van der Waals surface area contributed by atoms with Gasteiger partial charge < -0.3 is 34.7 Å². The molecule has 4 amide bonds. The number of nitrogens with one attached hydrogen (secondary N) is 2. The number of benzene rings is 2. The van der Waals surface area contributed by atoms with Gasteiger partial charge in [-0.25, -0.2) is 9.59 Å². The van der Waals surface area contributed by atoms with Gasteiger partial charge in [0, 0.05) is 71.2 Å². The number of amides is 4. The predicted octanol–water partition coefficient (Wildman–Crippen LogP) is 3.29. The van der Waals surface area contributed by atoms with Gasteiger partial charge in [-0.2, -0.15) is 23.5 Å². The van der Waals surface area contributed by atoms with Gasteiger partial charge in [0.2, 0.25) is 18.6 Å². The summed E-state index contributed by atoms with van der Waals surface area (Å²) in [6.45, 7) is -0.0498. The minimum atomic E-state index is -0.963. The number of nitrogens with zero attached hydrogens (tertiary/aromatic N) is 2. The number of rotatable bonds is 17. The maximum absolute atomic E-state index is 12.6. The number of hydrogen-bond donors (Lipinski definition) is 2. The van der Waals surface area contributed by atoms with E-state index in [-0.39, 0.29) is 113 Å². The molecule has 2 aromatic rings. The van der Waals surface area contributed by atoms with E-state index < -0.39 is 24.9 Å². The Morgan fingerprint density at radius 1 is 0.706 bits per heavy atom. The van der Waals surface area contributed by atoms with E-state index >= 15 is 0 Å². The van der Waals surface area contributed by atoms with Crippen molar-refractivity contribution in [2.75, 3.05) is 37.5 Å². The third kappa shape index (κ3) is 15.6. The fourth-order valence-corrected chi connectivity index (χ4v) is 13.4. The number of fused-ring (bicyclic) bond motifs is 4. The monoisotopic (exact) mass is 1010 g/mol. The fraction of sp³-hybridized carbons (Fsp3) is 0.560. The summed E-state index contributed by atoms with van der Waals surface area (Å²) in [4.78, 5) is 72.6. The molecule has 4 saturated heterocycles. The second-order valence-electron chi connectivity index (χ2n) is 17.4. The third-order valence-corrected chi connectivity index (χ3v) is 16.5. The number of alkyl halides is 1. The van der Waals surface area contributed by atoms with E-state index in [4.69, 9.17) is 38.7 Å². The molecule has 6 aliphatic rings. The van der Waals surface area contributed by atoms with E-state index in [0.717, 1.165) is 74.0 Å². The zero-order valence-electron chi connectivity index (χ0n) is 38.7. The SMILES string of the molecule is C#CCN(C(=O)OCCl)[C@@H]1CCc2ccccc21.C#CCN(C(=O)OCOC(=O)CCCC[C@@H]1SC[C@@H]2NC(=O)C[C@@H]21)[C@@H]1CCc2ccccc21.O=C([O-])CCCC[C@@H]1SC[C@@H]2NC(=O)C[C@@H]21.[K+]. The Labute approximate surface area is 456 Å². The standard InChI is InChI=1S/C25H30N2O5S.C14H14ClNO2.C11H17NO3S.K/c1-2-13-27(21-12-11-17-7-3-4-8-18(17)21)25(30)32-16-31-24(29)10-6-5-9-22-19-14-23(28)26-20(19)15-33-22;1-2-9-16(14(17)18-10-15)13-8-7-11-5-3-4-6-12(11)13;13-10-5-7-8(12-10)6-16-9(7)3-1-2-4-11(14)15;/h1,3-4,7-8,19-22H,5-6,9-16H2,(H,26,28);1,3-6,13H,7-10H2;7-9H,1-6H2,(H,12,13)(H,14,15);/q;;;+1/p-1/t19-,20-,21+,22-;13-;7-,8-,9-;/m010./s1. The van der Waals surface area contributed by atoms with E-state index in [0.29, 0.717) is 60.1 Å². The van der Waals surface area contributed by atoms with Crippen molar-refractivity contribution in [3.8, 4) is 24.7 Å². The Hall–Kier alpha value is -3.39. The summed E-state index contributed by atoms with van der Waals surface area (Å²) in [7, 11) is 0. The van der Waals surface area contributed by atoms with Gasteiger partial charge in [0.15, 0.2) is 6.07 Å². The van der Waals surface area contributed by atoms with Gasteiger partial charge in [-0.3, -0.25) is 24.2 Å². The summed E-state index contributed by atoms with van der Waals surface area (Å²) in [6.07, 6.45) is 20.2. The number of carbonyl (C=O) groups excluding carboxylic acids is 6. The smallest absolute Gasteiger partial charge is 0.550 e. The van der Waals surface area contributed by atoms with Crippen LogP contribution in [0.5, 0.6) is 0 Å². The second kappa shape index (κ2) is 28.5. The van der Waals surface area contributed by atoms with Crippen molar-refractivity contribution in [3.05, 3.63) is 70.8 Å². The van der Waals surface area contributed by atoms with Gasteiger partial charge in [0.05, 0.1) is 25.2 Å². The number of hydrogen-bond acceptors (Lipinski definition) is 12. The van der Waals surface area contributed by atoms with Crippen molar-refractivity contribution >= 4 is 71.1 Å². The van der Waals surface area contributed by atoms with E-state index in [2.05, 4.69) is 34.6 Å². The van der Waals surface area contributed by atoms with E-state index in [1.54, 1.807) is 4.90 Å². The molecule has 18 heteroatoms. The molecule has 4 aliphatic heterocycles. The van der Waals surface area contributed by atoms with Gasteiger partial charge in [-0.1, -0.05) is 84.8 Å². The zero-order valence-corrected chi connectivity index (χ0v) is 44.2. The summed E-state index contributed by atoms with van der Waals surface area (Å²) in [5.74, 6) is 6.90. The molecule has 0 aromatic heterocycles. The second-order valence-corrected chi connectivity index (χ2v) is 20.2. The van der Waals surface area contributed by atoms with Crippen LogP contribution >= 0.6 is 35.1 Å². The van der Waals surface area contributed by atoms with Crippen molar-refractivity contribution in [1.29, 1.82) is 0 Å². The molecule has 0 saturated carbocycles. The first kappa shape index (κ1) is 55.5. The van der Waals surface area contributed by atoms with E-state index in [1.165, 1.54) is 16.0 Å². The fourth-order valence-electron chi connectivity index (χ4n) is 10.0. The molecule has 68 heavy (non-hydrogen) atoms. The molecule has 0 bridgehead atoms. The number of terminal acetylenes is 2. The molecule has 2 aromatic carbocycles. The van der Waals surface area contributed by atoms with Gasteiger partial charge >= 0.3 is 69.5 Å². The number of aliphatic carboxylic acids is 1. The molecule has 2 N–H and O–H groups in total. The third-order valence-electron chi connectivity index (χ3n) is 13.3. The van der Waals surface area contributed by atoms with Gasteiger partial charge in [0.25, 0.3) is 0 Å². The molecular formula is C50H60ClKN4O10S2. The summed E-state index contributed by atoms with van der Waals surface area (Å²) in [5, 5.41) is 17.3. The topological polar surface area (TPSA) is 184 Å². The molecule has 8 atom stereocenters. The van der Waals surface area contributed by atoms with Crippen LogP contribution in [-0.4, -0.2) is 106 Å². The Bertz CT molecular complexity index is 2160. The van der Waals surface area contributed by atoms with E-state index in [9.17, 15) is 33.9 Å². The van der Waals surface area contributed by atoms with Crippen molar-refractivity contribution in [3.63, 3.8) is 0 Å². The molecule has 0 radical (unpaired) electrons. The van der Waals surface area contributed by atoms with Crippen molar-refractivity contribution in [2.45, 2.75) is 125 Å². The van der Waals surface area contributed by atoms with Crippen LogP contribution in [0.1, 0.15) is 111 Å². The number of thioether (sulfide) groups is 2. The number of carbonyl (C=O) groups is 6. The zero-order chi connectivity index (χ0) is 47.7. The van der Waals surface area contributed by atoms with Crippen LogP contribution in [0.2, 0.25) is 0 Å². The van der Waals surface area contributed by atoms with Gasteiger partial charge in [-0.15, -0.1) is 12.8 Å². The molecule has 8 rings (SSSR count). The first-order valence-electron chi connectivity index (χ1n) is 23.1. The van der Waals surface area contributed by atoms with Crippen molar-refractivity contribution in [2.24, 2.45) is 11.8 Å². The molecule has 360 valence electrons.